The van der Waals surface area contributed by atoms with Crippen molar-refractivity contribution in [2.75, 3.05) is 13.1 Å². The van der Waals surface area contributed by atoms with E-state index in [-0.39, 0.29) is 11.0 Å². The fraction of sp³-hybridized carbons (Fsp3) is 1.00. The van der Waals surface area contributed by atoms with E-state index in [1.165, 1.54) is 19.4 Å². The van der Waals surface area contributed by atoms with E-state index in [0.29, 0.717) is 5.54 Å². The Hall–Kier alpha value is -0.0800. The second-order valence-corrected chi connectivity index (χ2v) is 6.94. The molecule has 0 aliphatic carbocycles. The minimum absolute atomic E-state index is 0.119. The first-order valence-electron chi connectivity index (χ1n) is 6.10. The van der Waals surface area contributed by atoms with Gasteiger partial charge in [0, 0.05) is 17.6 Å². The Labute approximate surface area is 95.2 Å². The first-order valence-corrected chi connectivity index (χ1v) is 6.10. The highest BCUT2D eigenvalue weighted by molar-refractivity contribution is 4.97. The monoisotopic (exact) mass is 212 g/mol. The lowest BCUT2D eigenvalue weighted by Gasteiger charge is -2.44. The summed E-state index contributed by atoms with van der Waals surface area (Å²) in [6.45, 7) is 15.9. The number of rotatable bonds is 3. The zero-order valence-corrected chi connectivity index (χ0v) is 11.4. The van der Waals surface area contributed by atoms with E-state index in [1.807, 2.05) is 0 Å². The topological polar surface area (TPSA) is 29.3 Å². The van der Waals surface area contributed by atoms with Gasteiger partial charge in [-0.1, -0.05) is 13.8 Å². The number of hydrogen-bond donors (Lipinski definition) is 1. The Morgan fingerprint density at radius 3 is 2.07 bits per heavy atom. The van der Waals surface area contributed by atoms with E-state index in [1.54, 1.807) is 0 Å². The highest BCUT2D eigenvalue weighted by atomic mass is 15.2. The molecular weight excluding hydrogens is 184 g/mol. The number of likely N-dealkylation sites (tertiary alicyclic amines) is 1. The largest absolute Gasteiger partial charge is 0.325 e. The van der Waals surface area contributed by atoms with Gasteiger partial charge < -0.3 is 5.73 Å². The Kier molecular flexibility index (Phi) is 3.24. The van der Waals surface area contributed by atoms with E-state index < -0.39 is 0 Å². The Balaban J connectivity index is 2.70. The van der Waals surface area contributed by atoms with Crippen LogP contribution in [0, 0.1) is 5.41 Å². The van der Waals surface area contributed by atoms with Gasteiger partial charge in [-0.3, -0.25) is 4.90 Å². The second kappa shape index (κ2) is 3.74. The van der Waals surface area contributed by atoms with Gasteiger partial charge in [0.25, 0.3) is 0 Å². The molecule has 15 heavy (non-hydrogen) atoms. The van der Waals surface area contributed by atoms with Crippen LogP contribution in [0.2, 0.25) is 0 Å². The molecule has 2 heteroatoms. The van der Waals surface area contributed by atoms with Crippen LogP contribution in [0.1, 0.15) is 54.4 Å². The molecule has 0 saturated carbocycles. The normalized spacial score (nSPS) is 23.4. The maximum absolute atomic E-state index is 6.25. The average Bonchev–Trinajstić information content (AvgIpc) is 2.27. The van der Waals surface area contributed by atoms with Crippen molar-refractivity contribution in [3.63, 3.8) is 0 Å². The van der Waals surface area contributed by atoms with Crippen molar-refractivity contribution >= 4 is 0 Å². The molecule has 0 unspecified atom stereocenters. The van der Waals surface area contributed by atoms with Gasteiger partial charge in [-0.25, -0.2) is 0 Å². The smallest absolute Gasteiger partial charge is 0.0161 e. The fourth-order valence-corrected chi connectivity index (χ4v) is 2.14. The first kappa shape index (κ1) is 13.0. The SMILES string of the molecule is CC1(C)CCCN1CC(C)(C)C(C)(C)N. The predicted molar refractivity (Wildman–Crippen MR) is 66.9 cm³/mol. The van der Waals surface area contributed by atoms with Crippen LogP contribution in [0.3, 0.4) is 0 Å². The van der Waals surface area contributed by atoms with Crippen LogP contribution in [-0.2, 0) is 0 Å². The fourth-order valence-electron chi connectivity index (χ4n) is 2.14. The van der Waals surface area contributed by atoms with Crippen LogP contribution in [0.4, 0.5) is 0 Å². The van der Waals surface area contributed by atoms with Gasteiger partial charge in [-0.15, -0.1) is 0 Å². The summed E-state index contributed by atoms with van der Waals surface area (Å²) in [6, 6.07) is 0. The summed E-state index contributed by atoms with van der Waals surface area (Å²) in [5, 5.41) is 0. The molecule has 1 rings (SSSR count). The standard InChI is InChI=1S/C13H28N2/c1-11(2,13(5,6)14)10-15-9-7-8-12(15,3)4/h7-10,14H2,1-6H3. The quantitative estimate of drug-likeness (QED) is 0.779. The molecule has 1 aliphatic heterocycles. The summed E-state index contributed by atoms with van der Waals surface area (Å²) in [5.74, 6) is 0. The summed E-state index contributed by atoms with van der Waals surface area (Å²) in [5.41, 5.74) is 6.66. The molecule has 1 heterocycles. The highest BCUT2D eigenvalue weighted by Gasteiger charge is 2.40. The number of nitrogens with two attached hydrogens (primary N) is 1. The van der Waals surface area contributed by atoms with Crippen molar-refractivity contribution < 1.29 is 0 Å². The van der Waals surface area contributed by atoms with E-state index in [9.17, 15) is 0 Å². The van der Waals surface area contributed by atoms with Crippen LogP contribution in [0.25, 0.3) is 0 Å². The van der Waals surface area contributed by atoms with E-state index in [2.05, 4.69) is 46.4 Å². The van der Waals surface area contributed by atoms with Crippen molar-refractivity contribution in [1.29, 1.82) is 0 Å². The zero-order valence-electron chi connectivity index (χ0n) is 11.4. The maximum Gasteiger partial charge on any atom is 0.0161 e. The molecule has 0 aromatic carbocycles. The zero-order chi connectivity index (χ0) is 11.9. The molecule has 1 fully saturated rings. The van der Waals surface area contributed by atoms with Crippen molar-refractivity contribution in [2.24, 2.45) is 11.1 Å². The third kappa shape index (κ3) is 2.73. The van der Waals surface area contributed by atoms with E-state index in [4.69, 9.17) is 5.73 Å². The van der Waals surface area contributed by atoms with Crippen molar-refractivity contribution in [2.45, 2.75) is 65.5 Å². The highest BCUT2D eigenvalue weighted by Crippen LogP contribution is 2.35. The van der Waals surface area contributed by atoms with Gasteiger partial charge in [-0.05, 0) is 52.5 Å². The van der Waals surface area contributed by atoms with Crippen LogP contribution in [0.15, 0.2) is 0 Å². The predicted octanol–water partition coefficient (Wildman–Crippen LogP) is 2.62. The molecule has 0 bridgehead atoms. The van der Waals surface area contributed by atoms with E-state index >= 15 is 0 Å². The molecular formula is C13H28N2. The van der Waals surface area contributed by atoms with Gasteiger partial charge in [0.05, 0.1) is 0 Å². The minimum atomic E-state index is -0.119. The summed E-state index contributed by atoms with van der Waals surface area (Å²) in [6.07, 6.45) is 2.64. The van der Waals surface area contributed by atoms with E-state index in [0.717, 1.165) is 6.54 Å². The van der Waals surface area contributed by atoms with Gasteiger partial charge in [-0.2, -0.15) is 0 Å². The lowest BCUT2D eigenvalue weighted by atomic mass is 9.74. The van der Waals surface area contributed by atoms with Crippen molar-refractivity contribution in [3.8, 4) is 0 Å². The van der Waals surface area contributed by atoms with Crippen LogP contribution < -0.4 is 5.73 Å². The summed E-state index contributed by atoms with van der Waals surface area (Å²) in [4.78, 5) is 2.60. The Morgan fingerprint density at radius 1 is 1.20 bits per heavy atom. The van der Waals surface area contributed by atoms with Crippen LogP contribution >= 0.6 is 0 Å². The van der Waals surface area contributed by atoms with Gasteiger partial charge in [0.15, 0.2) is 0 Å². The third-order valence-electron chi connectivity index (χ3n) is 4.40. The molecule has 1 saturated heterocycles. The second-order valence-electron chi connectivity index (χ2n) is 6.94. The molecule has 2 nitrogen and oxygen atoms in total. The van der Waals surface area contributed by atoms with Gasteiger partial charge in [0.1, 0.15) is 0 Å². The van der Waals surface area contributed by atoms with Crippen LogP contribution in [0.5, 0.6) is 0 Å². The molecule has 0 aromatic rings. The van der Waals surface area contributed by atoms with Crippen molar-refractivity contribution in [1.82, 2.24) is 4.90 Å². The molecule has 0 spiro atoms. The number of hydrogen-bond acceptors (Lipinski definition) is 2. The van der Waals surface area contributed by atoms with Crippen molar-refractivity contribution in [3.05, 3.63) is 0 Å². The molecule has 90 valence electrons. The first-order chi connectivity index (χ1) is 6.56. The van der Waals surface area contributed by atoms with Gasteiger partial charge >= 0.3 is 0 Å². The summed E-state index contributed by atoms with van der Waals surface area (Å²) in [7, 11) is 0. The Bertz CT molecular complexity index is 223. The molecule has 0 radical (unpaired) electrons. The average molecular weight is 212 g/mol. The molecule has 0 aromatic heterocycles. The Morgan fingerprint density at radius 2 is 1.73 bits per heavy atom. The minimum Gasteiger partial charge on any atom is -0.325 e. The third-order valence-corrected chi connectivity index (χ3v) is 4.40. The molecule has 0 amide bonds. The number of nitrogens with zero attached hydrogens (tertiary/aromatic N) is 1. The molecule has 2 N–H and O–H groups in total. The van der Waals surface area contributed by atoms with Crippen LogP contribution in [-0.4, -0.2) is 29.1 Å². The molecule has 1 aliphatic rings. The summed E-state index contributed by atoms with van der Waals surface area (Å²) < 4.78 is 0. The lowest BCUT2D eigenvalue weighted by molar-refractivity contribution is 0.0731. The summed E-state index contributed by atoms with van der Waals surface area (Å²) >= 11 is 0. The molecule has 0 atom stereocenters. The maximum atomic E-state index is 6.25. The van der Waals surface area contributed by atoms with Gasteiger partial charge in [0.2, 0.25) is 0 Å². The lowest BCUT2D eigenvalue weighted by Crippen LogP contribution is -2.55.